The predicted octanol–water partition coefficient (Wildman–Crippen LogP) is 1.31. The summed E-state index contributed by atoms with van der Waals surface area (Å²) in [4.78, 5) is 25.3. The Morgan fingerprint density at radius 2 is 2.14 bits per heavy atom. The summed E-state index contributed by atoms with van der Waals surface area (Å²) < 4.78 is 14.8. The third-order valence-electron chi connectivity index (χ3n) is 3.56. The maximum absolute atomic E-state index is 12.3. The lowest BCUT2D eigenvalue weighted by molar-refractivity contribution is -0.149. The van der Waals surface area contributed by atoms with Crippen LogP contribution in [0.15, 0.2) is 10.6 Å². The van der Waals surface area contributed by atoms with E-state index < -0.39 is 5.97 Å². The number of carbonyl (C=O) groups excluding carboxylic acids is 2. The van der Waals surface area contributed by atoms with E-state index in [9.17, 15) is 9.59 Å². The number of aromatic nitrogens is 1. The van der Waals surface area contributed by atoms with Crippen LogP contribution >= 0.6 is 0 Å². The van der Waals surface area contributed by atoms with Gasteiger partial charge in [-0.25, -0.2) is 0 Å². The largest absolute Gasteiger partial charge is 0.468 e. The van der Waals surface area contributed by atoms with Crippen molar-refractivity contribution in [3.63, 3.8) is 0 Å². The molecule has 2 rings (SSSR count). The lowest BCUT2D eigenvalue weighted by atomic mass is 10.2. The molecule has 0 aromatic carbocycles. The van der Waals surface area contributed by atoms with Gasteiger partial charge in [0.25, 0.3) is 11.8 Å². The standard InChI is InChI=1S/C14H20N2O5/c1-10-7-12(15-21-10)20-9-13(17)16(8-14(18)19-2)11-5-3-4-6-11/h7,11H,3-6,8-9H2,1-2H3. The normalized spacial score (nSPS) is 15.0. The highest BCUT2D eigenvalue weighted by molar-refractivity contribution is 5.83. The number of aryl methyl sites for hydroxylation is 1. The first-order valence-corrected chi connectivity index (χ1v) is 7.02. The minimum Gasteiger partial charge on any atom is -0.468 e. The Labute approximate surface area is 123 Å². The Morgan fingerprint density at radius 1 is 1.43 bits per heavy atom. The molecule has 116 valence electrons. The molecule has 1 aliphatic rings. The van der Waals surface area contributed by atoms with E-state index in [2.05, 4.69) is 9.89 Å². The summed E-state index contributed by atoms with van der Waals surface area (Å²) in [6.07, 6.45) is 3.95. The van der Waals surface area contributed by atoms with Crippen LogP contribution in [-0.4, -0.2) is 48.2 Å². The molecule has 7 nitrogen and oxygen atoms in total. The van der Waals surface area contributed by atoms with Gasteiger partial charge in [-0.05, 0) is 24.9 Å². The third-order valence-corrected chi connectivity index (χ3v) is 3.56. The Kier molecular flexibility index (Phi) is 5.19. The summed E-state index contributed by atoms with van der Waals surface area (Å²) in [6, 6.07) is 1.69. The van der Waals surface area contributed by atoms with Crippen LogP contribution in [0.25, 0.3) is 0 Å². The fourth-order valence-corrected chi connectivity index (χ4v) is 2.47. The zero-order chi connectivity index (χ0) is 15.2. The number of hydrogen-bond acceptors (Lipinski definition) is 6. The smallest absolute Gasteiger partial charge is 0.325 e. The van der Waals surface area contributed by atoms with Crippen molar-refractivity contribution < 1.29 is 23.6 Å². The molecule has 0 N–H and O–H groups in total. The van der Waals surface area contributed by atoms with Crippen LogP contribution in [0.5, 0.6) is 5.88 Å². The van der Waals surface area contributed by atoms with Crippen LogP contribution in [0.3, 0.4) is 0 Å². The molecule has 0 unspecified atom stereocenters. The van der Waals surface area contributed by atoms with E-state index in [1.165, 1.54) is 7.11 Å². The highest BCUT2D eigenvalue weighted by Gasteiger charge is 2.29. The molecule has 1 heterocycles. The molecule has 21 heavy (non-hydrogen) atoms. The first kappa shape index (κ1) is 15.3. The van der Waals surface area contributed by atoms with E-state index in [4.69, 9.17) is 9.26 Å². The second-order valence-electron chi connectivity index (χ2n) is 5.10. The van der Waals surface area contributed by atoms with Crippen molar-refractivity contribution in [2.45, 2.75) is 38.6 Å². The molecule has 0 saturated heterocycles. The van der Waals surface area contributed by atoms with Crippen molar-refractivity contribution >= 4 is 11.9 Å². The number of amides is 1. The Morgan fingerprint density at radius 3 is 2.71 bits per heavy atom. The Balaban J connectivity index is 1.94. The van der Waals surface area contributed by atoms with E-state index in [1.807, 2.05) is 0 Å². The summed E-state index contributed by atoms with van der Waals surface area (Å²) in [6.45, 7) is 1.53. The molecule has 0 radical (unpaired) electrons. The summed E-state index contributed by atoms with van der Waals surface area (Å²) in [5, 5.41) is 3.66. The molecule has 1 fully saturated rings. The SMILES string of the molecule is COC(=O)CN(C(=O)COc1cc(C)on1)C1CCCC1. The number of esters is 1. The van der Waals surface area contributed by atoms with E-state index in [0.717, 1.165) is 25.7 Å². The Bertz CT molecular complexity index is 493. The average molecular weight is 296 g/mol. The lowest BCUT2D eigenvalue weighted by Crippen LogP contribution is -2.44. The fraction of sp³-hybridized carbons (Fsp3) is 0.643. The summed E-state index contributed by atoms with van der Waals surface area (Å²) >= 11 is 0. The second-order valence-corrected chi connectivity index (χ2v) is 5.10. The van der Waals surface area contributed by atoms with Crippen LogP contribution in [0.2, 0.25) is 0 Å². The first-order valence-electron chi connectivity index (χ1n) is 7.02. The summed E-state index contributed by atoms with van der Waals surface area (Å²) in [7, 11) is 1.31. The molecule has 0 atom stereocenters. The van der Waals surface area contributed by atoms with Gasteiger partial charge in [0, 0.05) is 12.1 Å². The molecule has 1 amide bonds. The fourth-order valence-electron chi connectivity index (χ4n) is 2.47. The van der Waals surface area contributed by atoms with E-state index >= 15 is 0 Å². The van der Waals surface area contributed by atoms with Crippen molar-refractivity contribution in [3.8, 4) is 5.88 Å². The number of nitrogens with zero attached hydrogens (tertiary/aromatic N) is 2. The molecular weight excluding hydrogens is 276 g/mol. The molecule has 1 saturated carbocycles. The van der Waals surface area contributed by atoms with Gasteiger partial charge in [0.05, 0.1) is 7.11 Å². The van der Waals surface area contributed by atoms with Gasteiger partial charge in [-0.3, -0.25) is 9.59 Å². The molecule has 7 heteroatoms. The molecule has 0 aliphatic heterocycles. The van der Waals surface area contributed by atoms with Gasteiger partial charge in [0.1, 0.15) is 12.3 Å². The number of hydrogen-bond donors (Lipinski definition) is 0. The number of methoxy groups -OCH3 is 1. The quantitative estimate of drug-likeness (QED) is 0.736. The van der Waals surface area contributed by atoms with Gasteiger partial charge >= 0.3 is 5.97 Å². The molecule has 0 spiro atoms. The first-order chi connectivity index (χ1) is 10.1. The van der Waals surface area contributed by atoms with E-state index in [-0.39, 0.29) is 31.0 Å². The van der Waals surface area contributed by atoms with Crippen molar-refractivity contribution in [1.29, 1.82) is 0 Å². The van der Waals surface area contributed by atoms with Crippen molar-refractivity contribution in [1.82, 2.24) is 10.1 Å². The maximum Gasteiger partial charge on any atom is 0.325 e. The summed E-state index contributed by atoms with van der Waals surface area (Å²) in [5.41, 5.74) is 0. The van der Waals surface area contributed by atoms with Crippen molar-refractivity contribution in [2.24, 2.45) is 0 Å². The highest BCUT2D eigenvalue weighted by atomic mass is 16.5. The van der Waals surface area contributed by atoms with Gasteiger partial charge < -0.3 is 18.9 Å². The molecule has 0 bridgehead atoms. The zero-order valence-electron chi connectivity index (χ0n) is 12.3. The van der Waals surface area contributed by atoms with Crippen LogP contribution in [0, 0.1) is 6.92 Å². The number of rotatable bonds is 6. The molecule has 1 aromatic heterocycles. The van der Waals surface area contributed by atoms with Crippen LogP contribution in [0.4, 0.5) is 0 Å². The predicted molar refractivity (Wildman–Crippen MR) is 72.7 cm³/mol. The van der Waals surface area contributed by atoms with E-state index in [0.29, 0.717) is 5.76 Å². The minimum atomic E-state index is -0.424. The maximum atomic E-state index is 12.3. The number of carbonyl (C=O) groups is 2. The van der Waals surface area contributed by atoms with E-state index in [1.54, 1.807) is 17.9 Å². The van der Waals surface area contributed by atoms with Gasteiger partial charge in [-0.2, -0.15) is 0 Å². The lowest BCUT2D eigenvalue weighted by Gasteiger charge is -2.27. The zero-order valence-corrected chi connectivity index (χ0v) is 12.3. The second kappa shape index (κ2) is 7.10. The number of ether oxygens (including phenoxy) is 2. The van der Waals surface area contributed by atoms with Gasteiger partial charge in [0.15, 0.2) is 6.61 Å². The molecule has 1 aliphatic carbocycles. The summed E-state index contributed by atoms with van der Waals surface area (Å²) in [5.74, 6) is 0.213. The van der Waals surface area contributed by atoms with Crippen molar-refractivity contribution in [2.75, 3.05) is 20.3 Å². The van der Waals surface area contributed by atoms with Crippen LogP contribution in [-0.2, 0) is 14.3 Å². The van der Waals surface area contributed by atoms with Gasteiger partial charge in [-0.1, -0.05) is 12.8 Å². The Hall–Kier alpha value is -2.05. The average Bonchev–Trinajstić information content (AvgIpc) is 3.13. The van der Waals surface area contributed by atoms with Crippen molar-refractivity contribution in [3.05, 3.63) is 11.8 Å². The molecule has 1 aromatic rings. The molecular formula is C14H20N2O5. The highest BCUT2D eigenvalue weighted by Crippen LogP contribution is 2.23. The van der Waals surface area contributed by atoms with Crippen LogP contribution in [0.1, 0.15) is 31.4 Å². The third kappa shape index (κ3) is 4.21. The monoisotopic (exact) mass is 296 g/mol. The van der Waals surface area contributed by atoms with Crippen LogP contribution < -0.4 is 4.74 Å². The van der Waals surface area contributed by atoms with Gasteiger partial charge in [-0.15, -0.1) is 0 Å². The topological polar surface area (TPSA) is 81.9 Å². The van der Waals surface area contributed by atoms with Gasteiger partial charge in [0.2, 0.25) is 0 Å². The minimum absolute atomic E-state index is 0.0405.